The van der Waals surface area contributed by atoms with E-state index in [4.69, 9.17) is 10.8 Å². The van der Waals surface area contributed by atoms with E-state index in [0.29, 0.717) is 73.6 Å². The summed E-state index contributed by atoms with van der Waals surface area (Å²) in [5, 5.41) is 33.3. The minimum absolute atomic E-state index is 0.0839. The molecule has 0 saturated heterocycles. The monoisotopic (exact) mass is 1500 g/mol. The third-order valence-electron chi connectivity index (χ3n) is 21.2. The Balaban J connectivity index is 0.000000150. The van der Waals surface area contributed by atoms with Gasteiger partial charge in [0.05, 0.1) is 51.4 Å². The quantitative estimate of drug-likeness (QED) is 0.0280. The zero-order valence-corrected chi connectivity index (χ0v) is 64.9. The molecule has 3 aromatic heterocycles. The lowest BCUT2D eigenvalue weighted by Gasteiger charge is -2.25. The molecular formula is C86H104N12O8S2. The van der Waals surface area contributed by atoms with Crippen LogP contribution in [0.5, 0.6) is 0 Å². The SMILES string of the molecule is CN(C)[C@H](CNC(=O)C[C@H](c1ccccc1)C1CC1)Cc1ccc2[nH]ncc2c1.Cc1ccc(S(=O)(=O)n2ncc3cc(C[C@@H](CN)N(C)C)ccc32)cc1.Cc1ccc(S(=O)(=O)n2ncc3cc(C[C@@H](CNC(=O)C[C@H](c4ccccc4)C4CC4)N(C)C)ccc32)cc1.O=C(O)C[C@H](c1ccccc1)C1CC1. The number of carbonyl (C=O) groups is 3. The van der Waals surface area contributed by atoms with Crippen molar-refractivity contribution in [1.29, 1.82) is 0 Å². The molecule has 568 valence electrons. The number of carbonyl (C=O) groups excluding carboxylic acids is 2. The highest BCUT2D eigenvalue weighted by atomic mass is 32.2. The van der Waals surface area contributed by atoms with Gasteiger partial charge in [-0.15, -0.1) is 0 Å². The van der Waals surface area contributed by atoms with Crippen molar-refractivity contribution in [3.63, 3.8) is 0 Å². The van der Waals surface area contributed by atoms with E-state index in [1.165, 1.54) is 60.8 Å². The fraction of sp³-hybridized carbons (Fsp3) is 0.372. The third kappa shape index (κ3) is 21.4. The molecule has 2 amide bonds. The Morgan fingerprint density at radius 1 is 0.472 bits per heavy atom. The number of carboxylic acid groups (broad SMARTS) is 1. The average Bonchev–Trinajstić information content (AvgIpc) is 1.57. The maximum absolute atomic E-state index is 13.2. The van der Waals surface area contributed by atoms with Crippen LogP contribution in [0.4, 0.5) is 0 Å². The van der Waals surface area contributed by atoms with Crippen molar-refractivity contribution >= 4 is 70.5 Å². The second kappa shape index (κ2) is 36.5. The molecular weight excluding hydrogens is 1390 g/mol. The number of likely N-dealkylation sites (N-methyl/N-ethyl adjacent to an activating group) is 3. The highest BCUT2D eigenvalue weighted by Gasteiger charge is 2.36. The van der Waals surface area contributed by atoms with Gasteiger partial charge in [-0.05, 0) is 243 Å². The summed E-state index contributed by atoms with van der Waals surface area (Å²) >= 11 is 0. The smallest absolute Gasteiger partial charge is 0.303 e. The van der Waals surface area contributed by atoms with E-state index in [-0.39, 0.29) is 58.0 Å². The summed E-state index contributed by atoms with van der Waals surface area (Å²) in [7, 11) is 4.67. The lowest BCUT2D eigenvalue weighted by molar-refractivity contribution is -0.137. The van der Waals surface area contributed by atoms with Crippen LogP contribution >= 0.6 is 0 Å². The number of aliphatic carboxylic acids is 1. The zero-order chi connectivity index (χ0) is 76.7. The standard InChI is InChI=1S/C31H36N4O3S.C24H30N4O.C19H24N4O2S.C12H14O2/c1-22-9-14-28(15-10-22)39(37,38)35-30-16-11-23(17-26(30)20-33-35)18-27(34(2)3)21-32-31(36)19-29(25-12-13-25)24-7-5-4-6-8-24;1-28(2)21(13-17-8-11-23-20(12-17)15-26-27-23)16-25-24(29)14-22(19-9-10-19)18-6-4-3-5-7-18;1-14-4-7-18(8-5-14)26(24,25)23-19-9-6-15(10-16(19)13-21-23)11-17(12-20)22(2)3;13-12(14)8-11(10-6-7-10)9-4-2-1-3-5-9/h4-11,14-17,20,25,27,29H,12-13,18-19,21H2,1-3H3,(H,32,36);3-8,11-12,15,19,21-22H,9-10,13-14,16H2,1-2H3,(H,25,29)(H,26,27);4-10,13,17H,11-12,20H2,1-3H3;1-5,10-11H,6-8H2,(H,13,14)/t27-,29+;21-,22+;17-;11-/m0001/s1. The number of nitrogens with two attached hydrogens (primary N) is 1. The van der Waals surface area contributed by atoms with Gasteiger partial charge in [0.15, 0.2) is 0 Å². The summed E-state index contributed by atoms with van der Waals surface area (Å²) in [4.78, 5) is 43.2. The van der Waals surface area contributed by atoms with E-state index in [1.54, 1.807) is 60.9 Å². The Morgan fingerprint density at radius 3 is 1.18 bits per heavy atom. The molecule has 6 N–H and O–H groups in total. The number of aromatic amines is 1. The number of fused-ring (bicyclic) bond motifs is 3. The molecule has 20 nitrogen and oxygen atoms in total. The highest BCUT2D eigenvalue weighted by molar-refractivity contribution is 7.90. The number of hydrogen-bond acceptors (Lipinski definition) is 14. The van der Waals surface area contributed by atoms with Crippen molar-refractivity contribution in [2.75, 3.05) is 61.9 Å². The molecule has 0 spiro atoms. The number of rotatable bonds is 30. The normalized spacial score (nSPS) is 15.4. The molecule has 3 aliphatic rings. The molecule has 3 heterocycles. The molecule has 3 fully saturated rings. The van der Waals surface area contributed by atoms with E-state index < -0.39 is 26.0 Å². The Morgan fingerprint density at radius 2 is 0.824 bits per heavy atom. The Hall–Kier alpha value is -9.68. The van der Waals surface area contributed by atoms with Crippen LogP contribution in [-0.4, -0.2) is 163 Å². The topological polar surface area (TPSA) is 264 Å². The van der Waals surface area contributed by atoms with E-state index in [2.05, 4.69) is 114 Å². The van der Waals surface area contributed by atoms with Gasteiger partial charge >= 0.3 is 5.97 Å². The van der Waals surface area contributed by atoms with Crippen LogP contribution in [0.1, 0.15) is 120 Å². The van der Waals surface area contributed by atoms with Gasteiger partial charge < -0.3 is 36.2 Å². The molecule has 3 saturated carbocycles. The predicted octanol–water partition coefficient (Wildman–Crippen LogP) is 13.2. The number of nitrogens with one attached hydrogen (secondary N) is 3. The van der Waals surface area contributed by atoms with Gasteiger partial charge in [0.1, 0.15) is 0 Å². The van der Waals surface area contributed by atoms with Crippen LogP contribution in [0.15, 0.2) is 223 Å². The number of H-pyrrole nitrogens is 1. The second-order valence-corrected chi connectivity index (χ2v) is 33.6. The predicted molar refractivity (Wildman–Crippen MR) is 429 cm³/mol. The maximum Gasteiger partial charge on any atom is 0.303 e. The van der Waals surface area contributed by atoms with Gasteiger partial charge in [0, 0.05) is 66.8 Å². The summed E-state index contributed by atoms with van der Waals surface area (Å²) in [6.45, 7) is 5.59. The Labute approximate surface area is 636 Å². The summed E-state index contributed by atoms with van der Waals surface area (Å²) in [5.74, 6) is 2.27. The molecule has 8 aromatic carbocycles. The van der Waals surface area contributed by atoms with Crippen molar-refractivity contribution in [1.82, 2.24) is 53.9 Å². The van der Waals surface area contributed by atoms with Crippen LogP contribution in [0.25, 0.3) is 32.7 Å². The van der Waals surface area contributed by atoms with Crippen LogP contribution in [0.3, 0.4) is 0 Å². The van der Waals surface area contributed by atoms with Gasteiger partial charge in [0.25, 0.3) is 20.0 Å². The van der Waals surface area contributed by atoms with E-state index in [0.717, 1.165) is 64.9 Å². The minimum atomic E-state index is -3.79. The molecule has 0 unspecified atom stereocenters. The molecule has 108 heavy (non-hydrogen) atoms. The number of benzene rings is 8. The molecule has 6 atom stereocenters. The number of nitrogens with zero attached hydrogens (tertiary/aromatic N) is 8. The molecule has 0 aliphatic heterocycles. The van der Waals surface area contributed by atoms with Gasteiger partial charge in [0.2, 0.25) is 11.8 Å². The lowest BCUT2D eigenvalue weighted by atomic mass is 9.90. The first-order valence-electron chi connectivity index (χ1n) is 37.5. The van der Waals surface area contributed by atoms with Crippen molar-refractivity contribution in [2.24, 2.45) is 23.5 Å². The van der Waals surface area contributed by atoms with Gasteiger partial charge in [-0.3, -0.25) is 19.5 Å². The van der Waals surface area contributed by atoms with Gasteiger partial charge in [-0.2, -0.15) is 40.3 Å². The first-order valence-corrected chi connectivity index (χ1v) is 40.4. The minimum Gasteiger partial charge on any atom is -0.481 e. The van der Waals surface area contributed by atoms with E-state index in [9.17, 15) is 31.2 Å². The average molecular weight is 1500 g/mol. The Kier molecular flexibility index (Phi) is 26.8. The Bertz CT molecular complexity index is 5000. The van der Waals surface area contributed by atoms with Crippen LogP contribution in [0.2, 0.25) is 0 Å². The summed E-state index contributed by atoms with van der Waals surface area (Å²) in [5.41, 5.74) is 17.1. The fourth-order valence-electron chi connectivity index (χ4n) is 14.1. The van der Waals surface area contributed by atoms with Gasteiger partial charge in [-0.25, -0.2) is 0 Å². The molecule has 11 aromatic rings. The van der Waals surface area contributed by atoms with Gasteiger partial charge in [-0.1, -0.05) is 145 Å². The summed E-state index contributed by atoms with van der Waals surface area (Å²) in [6.07, 6.45) is 16.0. The number of aromatic nitrogens is 6. The third-order valence-corrected chi connectivity index (χ3v) is 24.4. The summed E-state index contributed by atoms with van der Waals surface area (Å²) in [6, 6.07) is 62.8. The van der Waals surface area contributed by atoms with Crippen molar-refractivity contribution < 1.29 is 36.3 Å². The lowest BCUT2D eigenvalue weighted by Crippen LogP contribution is -2.42. The molecule has 22 heteroatoms. The highest BCUT2D eigenvalue weighted by Crippen LogP contribution is 2.46. The number of aryl methyl sites for hydroxylation is 2. The van der Waals surface area contributed by atoms with E-state index >= 15 is 0 Å². The maximum atomic E-state index is 13.2. The van der Waals surface area contributed by atoms with E-state index in [1.807, 2.05) is 139 Å². The van der Waals surface area contributed by atoms with Crippen molar-refractivity contribution in [2.45, 2.75) is 137 Å². The number of amides is 2. The van der Waals surface area contributed by atoms with Crippen molar-refractivity contribution in [3.05, 3.63) is 257 Å². The molecule has 0 radical (unpaired) electrons. The van der Waals surface area contributed by atoms with Crippen LogP contribution in [-0.2, 0) is 53.7 Å². The number of hydrogen-bond donors (Lipinski definition) is 5. The number of carboxylic acids is 1. The first kappa shape index (κ1) is 79.4. The zero-order valence-electron chi connectivity index (χ0n) is 63.3. The summed E-state index contributed by atoms with van der Waals surface area (Å²) < 4.78 is 54.4. The molecule has 0 bridgehead atoms. The van der Waals surface area contributed by atoms with Crippen LogP contribution < -0.4 is 16.4 Å². The molecule has 3 aliphatic carbocycles. The largest absolute Gasteiger partial charge is 0.481 e. The molecule has 14 rings (SSSR count). The fourth-order valence-corrected chi connectivity index (χ4v) is 16.7. The van der Waals surface area contributed by atoms with Crippen molar-refractivity contribution in [3.8, 4) is 0 Å². The van der Waals surface area contributed by atoms with Crippen LogP contribution in [0, 0.1) is 31.6 Å². The first-order chi connectivity index (χ1) is 51.9. The second-order valence-electron chi connectivity index (χ2n) is 30.1.